The molecule has 1 aliphatic rings. The van der Waals surface area contributed by atoms with Crippen LogP contribution in [0.1, 0.15) is 71.0 Å². The smallest absolute Gasteiger partial charge is 0.287 e. The van der Waals surface area contributed by atoms with E-state index in [4.69, 9.17) is 13.9 Å². The van der Waals surface area contributed by atoms with Crippen LogP contribution >= 0.6 is 0 Å². The lowest BCUT2D eigenvalue weighted by atomic mass is 9.76. The summed E-state index contributed by atoms with van der Waals surface area (Å²) in [6.07, 6.45) is 1.10. The summed E-state index contributed by atoms with van der Waals surface area (Å²) in [5.41, 5.74) is 1.80. The molecular formula is C22H27NO5. The van der Waals surface area contributed by atoms with Gasteiger partial charge in [-0.2, -0.15) is 0 Å². The standard InChI is InChI=1S/C22H27NO5/c1-12-19-16(24)10-22(3,4)11-18(19)28-20(12)21(25)23-13(2)15-9-14(26-5)7-8-17(15)27-6/h7-9,13H,10-11H2,1-6H3,(H,23,25)/t13-/m1/s1. The van der Waals surface area contributed by atoms with Gasteiger partial charge in [-0.15, -0.1) is 0 Å². The highest BCUT2D eigenvalue weighted by atomic mass is 16.5. The number of ether oxygens (including phenoxy) is 2. The molecule has 0 saturated carbocycles. The Kier molecular flexibility index (Phi) is 5.24. The summed E-state index contributed by atoms with van der Waals surface area (Å²) < 4.78 is 16.5. The predicted molar refractivity (Wildman–Crippen MR) is 105 cm³/mol. The number of amides is 1. The Hall–Kier alpha value is -2.76. The second-order valence-corrected chi connectivity index (χ2v) is 8.10. The van der Waals surface area contributed by atoms with Gasteiger partial charge in [0.15, 0.2) is 11.5 Å². The van der Waals surface area contributed by atoms with Gasteiger partial charge in [-0.1, -0.05) is 13.8 Å². The van der Waals surface area contributed by atoms with Crippen LogP contribution in [0.3, 0.4) is 0 Å². The molecule has 0 saturated heterocycles. The van der Waals surface area contributed by atoms with Gasteiger partial charge < -0.3 is 19.2 Å². The third kappa shape index (κ3) is 3.63. The molecule has 28 heavy (non-hydrogen) atoms. The Morgan fingerprint density at radius 3 is 2.57 bits per heavy atom. The first-order valence-corrected chi connectivity index (χ1v) is 9.35. The zero-order chi connectivity index (χ0) is 20.6. The maximum atomic E-state index is 12.9. The first-order valence-electron chi connectivity index (χ1n) is 9.35. The quantitative estimate of drug-likeness (QED) is 0.832. The van der Waals surface area contributed by atoms with E-state index in [9.17, 15) is 9.59 Å². The number of methoxy groups -OCH3 is 2. The Labute approximate surface area is 165 Å². The van der Waals surface area contributed by atoms with Crippen LogP contribution in [0.2, 0.25) is 0 Å². The second-order valence-electron chi connectivity index (χ2n) is 8.10. The third-order valence-corrected chi connectivity index (χ3v) is 5.23. The van der Waals surface area contributed by atoms with Gasteiger partial charge in [0, 0.05) is 24.0 Å². The van der Waals surface area contributed by atoms with Crippen LogP contribution in [-0.2, 0) is 6.42 Å². The van der Waals surface area contributed by atoms with Crippen LogP contribution < -0.4 is 14.8 Å². The molecule has 150 valence electrons. The van der Waals surface area contributed by atoms with Crippen LogP contribution in [0, 0.1) is 12.3 Å². The maximum absolute atomic E-state index is 12.9. The van der Waals surface area contributed by atoms with Crippen molar-refractivity contribution < 1.29 is 23.5 Å². The summed E-state index contributed by atoms with van der Waals surface area (Å²) in [6, 6.07) is 5.09. The van der Waals surface area contributed by atoms with Gasteiger partial charge in [-0.3, -0.25) is 9.59 Å². The van der Waals surface area contributed by atoms with Crippen molar-refractivity contribution in [2.75, 3.05) is 14.2 Å². The minimum absolute atomic E-state index is 0.0362. The third-order valence-electron chi connectivity index (χ3n) is 5.23. The summed E-state index contributed by atoms with van der Waals surface area (Å²) in [6.45, 7) is 7.69. The largest absolute Gasteiger partial charge is 0.497 e. The number of nitrogens with one attached hydrogen (secondary N) is 1. The average Bonchev–Trinajstić information content (AvgIpc) is 2.96. The monoisotopic (exact) mass is 385 g/mol. The van der Waals surface area contributed by atoms with Crippen molar-refractivity contribution in [2.45, 2.75) is 46.6 Å². The Bertz CT molecular complexity index is 925. The van der Waals surface area contributed by atoms with Crippen molar-refractivity contribution in [2.24, 2.45) is 5.41 Å². The number of rotatable bonds is 5. The molecule has 0 spiro atoms. The summed E-state index contributed by atoms with van der Waals surface area (Å²) in [5.74, 6) is 1.82. The van der Waals surface area contributed by atoms with Gasteiger partial charge in [0.25, 0.3) is 5.91 Å². The first kappa shape index (κ1) is 20.0. The zero-order valence-electron chi connectivity index (χ0n) is 17.3. The highest BCUT2D eigenvalue weighted by Crippen LogP contribution is 2.38. The van der Waals surface area contributed by atoms with Gasteiger partial charge in [0.2, 0.25) is 0 Å². The molecular weight excluding hydrogens is 358 g/mol. The van der Waals surface area contributed by atoms with Crippen molar-refractivity contribution in [3.05, 3.63) is 46.4 Å². The van der Waals surface area contributed by atoms with Gasteiger partial charge in [-0.05, 0) is 37.5 Å². The molecule has 1 N–H and O–H groups in total. The van der Waals surface area contributed by atoms with E-state index in [2.05, 4.69) is 5.32 Å². The van der Waals surface area contributed by atoms with Crippen LogP contribution in [0.15, 0.2) is 22.6 Å². The minimum Gasteiger partial charge on any atom is -0.497 e. The average molecular weight is 385 g/mol. The van der Waals surface area contributed by atoms with Crippen molar-refractivity contribution >= 4 is 11.7 Å². The molecule has 1 aromatic heterocycles. The number of Topliss-reactive ketones (excluding diaryl/α,β-unsaturated/α-hetero) is 1. The minimum atomic E-state index is -0.352. The number of carbonyl (C=O) groups excluding carboxylic acids is 2. The second kappa shape index (κ2) is 7.34. The highest BCUT2D eigenvalue weighted by molar-refractivity contribution is 6.03. The first-order chi connectivity index (χ1) is 13.2. The van der Waals surface area contributed by atoms with Crippen molar-refractivity contribution in [3.8, 4) is 11.5 Å². The van der Waals surface area contributed by atoms with E-state index in [1.807, 2.05) is 26.8 Å². The molecule has 1 heterocycles. The van der Waals surface area contributed by atoms with E-state index in [0.29, 0.717) is 41.2 Å². The molecule has 1 amide bonds. The molecule has 0 aliphatic heterocycles. The number of carbonyl (C=O) groups is 2. The maximum Gasteiger partial charge on any atom is 0.287 e. The zero-order valence-corrected chi connectivity index (χ0v) is 17.3. The molecule has 0 unspecified atom stereocenters. The van der Waals surface area contributed by atoms with Crippen LogP contribution in [0.25, 0.3) is 0 Å². The molecule has 0 fully saturated rings. The number of hydrogen-bond acceptors (Lipinski definition) is 5. The van der Waals surface area contributed by atoms with Crippen molar-refractivity contribution in [1.29, 1.82) is 0 Å². The Morgan fingerprint density at radius 2 is 1.93 bits per heavy atom. The molecule has 2 aromatic rings. The van der Waals surface area contributed by atoms with Crippen molar-refractivity contribution in [3.63, 3.8) is 0 Å². The van der Waals surface area contributed by atoms with Crippen LogP contribution in [-0.4, -0.2) is 25.9 Å². The molecule has 6 nitrogen and oxygen atoms in total. The molecule has 0 radical (unpaired) electrons. The van der Waals surface area contributed by atoms with Crippen molar-refractivity contribution in [1.82, 2.24) is 5.32 Å². The summed E-state index contributed by atoms with van der Waals surface area (Å²) in [4.78, 5) is 25.4. The Balaban J connectivity index is 1.88. The SMILES string of the molecule is COc1ccc(OC)c([C@@H](C)NC(=O)c2oc3c(c2C)C(=O)CC(C)(C)C3)c1. The highest BCUT2D eigenvalue weighted by Gasteiger charge is 2.37. The lowest BCUT2D eigenvalue weighted by Gasteiger charge is -2.27. The van der Waals surface area contributed by atoms with Crippen LogP contribution in [0.4, 0.5) is 0 Å². The number of benzene rings is 1. The fourth-order valence-corrected chi connectivity index (χ4v) is 3.82. The van der Waals surface area contributed by atoms with Gasteiger partial charge in [0.05, 0.1) is 25.8 Å². The van der Waals surface area contributed by atoms with E-state index in [1.165, 1.54) is 0 Å². The number of ketones is 1. The van der Waals surface area contributed by atoms with Crippen LogP contribution in [0.5, 0.6) is 11.5 Å². The van der Waals surface area contributed by atoms with E-state index in [0.717, 1.165) is 5.56 Å². The molecule has 0 bridgehead atoms. The van der Waals surface area contributed by atoms with E-state index in [1.54, 1.807) is 33.3 Å². The fourth-order valence-electron chi connectivity index (χ4n) is 3.82. The lowest BCUT2D eigenvalue weighted by Crippen LogP contribution is -2.27. The lowest BCUT2D eigenvalue weighted by molar-refractivity contribution is 0.0883. The molecule has 3 rings (SSSR count). The van der Waals surface area contributed by atoms with E-state index in [-0.39, 0.29) is 28.9 Å². The molecule has 1 atom stereocenters. The normalized spacial score (nSPS) is 16.3. The van der Waals surface area contributed by atoms with Gasteiger partial charge >= 0.3 is 0 Å². The molecule has 1 aliphatic carbocycles. The van der Waals surface area contributed by atoms with Gasteiger partial charge in [0.1, 0.15) is 17.3 Å². The fraction of sp³-hybridized carbons (Fsp3) is 0.455. The van der Waals surface area contributed by atoms with E-state index >= 15 is 0 Å². The number of hydrogen-bond donors (Lipinski definition) is 1. The Morgan fingerprint density at radius 1 is 1.21 bits per heavy atom. The number of furan rings is 1. The molecule has 6 heteroatoms. The predicted octanol–water partition coefficient (Wildman–Crippen LogP) is 4.25. The topological polar surface area (TPSA) is 77.8 Å². The van der Waals surface area contributed by atoms with E-state index < -0.39 is 0 Å². The molecule has 1 aromatic carbocycles. The number of fused-ring (bicyclic) bond motifs is 1. The summed E-state index contributed by atoms with van der Waals surface area (Å²) in [7, 11) is 3.17. The van der Waals surface area contributed by atoms with Gasteiger partial charge in [-0.25, -0.2) is 0 Å². The summed E-state index contributed by atoms with van der Waals surface area (Å²) in [5, 5.41) is 2.94. The summed E-state index contributed by atoms with van der Waals surface area (Å²) >= 11 is 0.